The van der Waals surface area contributed by atoms with Crippen LogP contribution in [0.1, 0.15) is 86.7 Å². The van der Waals surface area contributed by atoms with E-state index in [2.05, 4.69) is 81.3 Å². The number of aliphatic hydroxyl groups excluding tert-OH is 3. The summed E-state index contributed by atoms with van der Waals surface area (Å²) >= 11 is 0. The molecule has 360 valence electrons. The van der Waals surface area contributed by atoms with Crippen LogP contribution in [0.3, 0.4) is 0 Å². The van der Waals surface area contributed by atoms with Gasteiger partial charge in [0.05, 0.1) is 38.4 Å². The van der Waals surface area contributed by atoms with Gasteiger partial charge in [-0.3, -0.25) is 33.1 Å². The normalized spacial score (nSPS) is 24.2. The molecule has 0 radical (unpaired) electrons. The Morgan fingerprint density at radius 3 is 1.67 bits per heavy atom. The molecule has 69 heavy (non-hydrogen) atoms. The van der Waals surface area contributed by atoms with E-state index in [1.807, 2.05) is 37.3 Å². The first kappa shape index (κ1) is 55.4. The van der Waals surface area contributed by atoms with Crippen molar-refractivity contribution in [2.45, 2.75) is 101 Å². The van der Waals surface area contributed by atoms with Gasteiger partial charge in [-0.2, -0.15) is 10.2 Å². The molecule has 2 amide bonds. The molecule has 4 aromatic heterocycles. The van der Waals surface area contributed by atoms with E-state index < -0.39 is 57.9 Å². The maximum absolute atomic E-state index is 12.8. The van der Waals surface area contributed by atoms with Crippen LogP contribution in [0.4, 0.5) is 16.0 Å². The van der Waals surface area contributed by atoms with E-state index in [9.17, 15) is 29.3 Å². The van der Waals surface area contributed by atoms with Crippen LogP contribution in [-0.4, -0.2) is 108 Å². The summed E-state index contributed by atoms with van der Waals surface area (Å²) in [5.74, 6) is -0.0869. The van der Waals surface area contributed by atoms with Gasteiger partial charge < -0.3 is 35.1 Å². The zero-order valence-corrected chi connectivity index (χ0v) is 46.8. The predicted octanol–water partition coefficient (Wildman–Crippen LogP) is 1.08. The average molecular weight is 1090 g/mol. The van der Waals surface area contributed by atoms with Crippen LogP contribution in [0.5, 0.6) is 0 Å². The van der Waals surface area contributed by atoms with Gasteiger partial charge in [0.15, 0.2) is 32.7 Å². The molecule has 2 saturated heterocycles. The van der Waals surface area contributed by atoms with E-state index in [4.69, 9.17) is 28.4 Å². The summed E-state index contributed by atoms with van der Waals surface area (Å²) in [4.78, 5) is 40.8. The zero-order valence-electron chi connectivity index (χ0n) is 40.5. The number of hydrogen-bond acceptors (Lipinski definition) is 12. The molecule has 0 saturated carbocycles. The fourth-order valence-corrected chi connectivity index (χ4v) is 9.15. The Labute approximate surface area is 460 Å². The Balaban J connectivity index is 0.000000286. The second-order valence-electron chi connectivity index (χ2n) is 17.5. The second kappa shape index (κ2) is 23.6. The van der Waals surface area contributed by atoms with Crippen molar-refractivity contribution >= 4 is 42.8 Å². The van der Waals surface area contributed by atoms with Gasteiger partial charge >= 0.3 is 80.3 Å². The molecule has 18 nitrogen and oxygen atoms in total. The van der Waals surface area contributed by atoms with Gasteiger partial charge in [0, 0.05) is 11.1 Å². The van der Waals surface area contributed by atoms with Crippen LogP contribution in [0.15, 0.2) is 97.6 Å². The number of carbonyl (C=O) groups excluding carboxylic acids is 2. The number of nitrogens with one attached hydrogen (secondary N) is 2. The van der Waals surface area contributed by atoms with Gasteiger partial charge in [0.2, 0.25) is 0 Å². The Morgan fingerprint density at radius 1 is 0.841 bits per heavy atom. The van der Waals surface area contributed by atoms with Crippen LogP contribution in [-0.2, 0) is 13.9 Å². The van der Waals surface area contributed by atoms with Crippen molar-refractivity contribution in [3.8, 4) is 0 Å². The summed E-state index contributed by atoms with van der Waals surface area (Å²) in [7, 11) is -3.17. The maximum Gasteiger partial charge on any atom is 1.00 e. The minimum Gasteiger partial charge on any atom is -1.00 e. The van der Waals surface area contributed by atoms with E-state index in [0.717, 1.165) is 5.69 Å². The summed E-state index contributed by atoms with van der Waals surface area (Å²) in [6.45, 7) is 29.5. The third-order valence-electron chi connectivity index (χ3n) is 12.7. The third kappa shape index (κ3) is 11.3. The molecular formula is C47H55CsF2N10O8Si. The van der Waals surface area contributed by atoms with Gasteiger partial charge in [0.1, 0.15) is 42.0 Å². The molecule has 2 aliphatic heterocycles. The van der Waals surface area contributed by atoms with Gasteiger partial charge in [-0.15, -0.1) is 0 Å². The SMILES string of the molecule is [2H]CF.[C-]#[N+]C1(CC)O[C@@H](c2ccc3c(NC(=O)c4ccccc4)ncnn23)[C@H](O[Si](C)(C)C(C)(C)C)[C@@H]1C.[C-]#[N+]C1(CO)O[C@@H](c2ccc3c(NC(=O)c4ccccc4)ncnn23)[C@H](O)[C@@H]1O.[Cs+].[F-]. The van der Waals surface area contributed by atoms with E-state index >= 15 is 0 Å². The first-order valence-corrected chi connectivity index (χ1v) is 24.3. The summed E-state index contributed by atoms with van der Waals surface area (Å²) in [5.41, 5.74) is 0.267. The molecule has 6 heterocycles. The number of aliphatic hydroxyl groups is 3. The number of carbonyl (C=O) groups is 2. The Bertz CT molecular complexity index is 2810. The number of halogens is 2. The minimum atomic E-state index is -2.17. The van der Waals surface area contributed by atoms with Crippen LogP contribution in [0, 0.1) is 19.1 Å². The van der Waals surface area contributed by atoms with Crippen molar-refractivity contribution < 1.29 is 118 Å². The van der Waals surface area contributed by atoms with Crippen molar-refractivity contribution in [3.63, 3.8) is 0 Å². The summed E-state index contributed by atoms with van der Waals surface area (Å²) in [6, 6.07) is 24.6. The molecule has 8 atom stereocenters. The summed E-state index contributed by atoms with van der Waals surface area (Å²) in [6.07, 6.45) is -1.76. The predicted molar refractivity (Wildman–Crippen MR) is 249 cm³/mol. The quantitative estimate of drug-likeness (QED) is 0.0964. The topological polar surface area (TPSA) is 216 Å². The van der Waals surface area contributed by atoms with Crippen molar-refractivity contribution in [2.75, 3.05) is 24.4 Å². The fraction of sp³-hybridized carbons (Fsp3) is 0.404. The first-order valence-electron chi connectivity index (χ1n) is 22.1. The first-order chi connectivity index (χ1) is 32.4. The van der Waals surface area contributed by atoms with Crippen molar-refractivity contribution in [1.29, 1.82) is 0 Å². The minimum absolute atomic E-state index is 0. The van der Waals surface area contributed by atoms with E-state index in [1.165, 1.54) is 17.2 Å². The molecule has 0 aliphatic carbocycles. The second-order valence-corrected chi connectivity index (χ2v) is 22.3. The summed E-state index contributed by atoms with van der Waals surface area (Å²) < 4.78 is 37.6. The largest absolute Gasteiger partial charge is 1.00 e. The van der Waals surface area contributed by atoms with E-state index in [0.29, 0.717) is 40.1 Å². The van der Waals surface area contributed by atoms with E-state index in [-0.39, 0.29) is 108 Å². The maximum atomic E-state index is 12.8. The molecule has 2 aromatic carbocycles. The number of nitrogens with zero attached hydrogens (tertiary/aromatic N) is 8. The van der Waals surface area contributed by atoms with Crippen molar-refractivity contribution in [3.05, 3.63) is 143 Å². The Kier molecular flexibility index (Phi) is 19.0. The molecule has 6 aromatic rings. The molecule has 5 N–H and O–H groups in total. The van der Waals surface area contributed by atoms with Gasteiger partial charge in [0.25, 0.3) is 11.8 Å². The zero-order chi connectivity index (χ0) is 49.6. The number of aromatic nitrogens is 6. The number of anilines is 2. The number of benzene rings is 2. The van der Waals surface area contributed by atoms with Crippen LogP contribution < -0.4 is 84.2 Å². The number of amides is 2. The van der Waals surface area contributed by atoms with E-state index in [1.54, 1.807) is 59.1 Å². The van der Waals surface area contributed by atoms with Crippen LogP contribution in [0.25, 0.3) is 20.7 Å². The fourth-order valence-electron chi connectivity index (χ4n) is 7.79. The third-order valence-corrected chi connectivity index (χ3v) is 17.2. The molecule has 0 bridgehead atoms. The standard InChI is InChI=1S/C27H35N5O3Si.C19H17N5O5.CH3F.Cs.FH/c1-9-27(28-6)18(2)22(35-36(7,8)26(3,4)5)23(34-27)20-15-16-21-24(29-17-30-32(20)21)31-25(33)19-13-11-10-12-14-19;1-20-19(9-25)16(27)14(26)15(29-19)12-7-8-13-17(21-10-22-24(12)13)23-18(28)11-5-3-2-4-6-11;1-2;;/h10-18,22-23H,9H2,1-5,7-8H3,(H,29,30,31,33);2-8,10,14-16,25-27H,9H2,(H,21,22,23,28);1H3;;1H/q;;;+1;/p-1/t18-,22+,23-,27?;14-,15-,16-,19?;;;/m00.../s1/i;;1D;;. The van der Waals surface area contributed by atoms with Gasteiger partial charge in [-0.05, 0) is 73.6 Å². The molecule has 22 heteroatoms. The number of ether oxygens (including phenoxy) is 2. The summed E-state index contributed by atoms with van der Waals surface area (Å²) in [5, 5.41) is 44.3. The molecule has 2 aliphatic rings. The number of fused-ring (bicyclic) bond motifs is 2. The van der Waals surface area contributed by atoms with Crippen molar-refractivity contribution in [2.24, 2.45) is 5.92 Å². The average Bonchev–Trinajstić information content (AvgIpc) is 4.09. The number of alkyl halides is 1. The van der Waals surface area contributed by atoms with Crippen LogP contribution in [0.2, 0.25) is 18.1 Å². The van der Waals surface area contributed by atoms with Crippen LogP contribution >= 0.6 is 0 Å². The van der Waals surface area contributed by atoms with Gasteiger partial charge in [-0.25, -0.2) is 32.1 Å². The molecule has 2 fully saturated rings. The number of rotatable bonds is 10. The van der Waals surface area contributed by atoms with Gasteiger partial charge in [-0.1, -0.05) is 64.1 Å². The smallest absolute Gasteiger partial charge is 1.00 e. The Hall–Kier alpha value is -4.51. The molecule has 0 spiro atoms. The molecule has 2 unspecified atom stereocenters. The Morgan fingerprint density at radius 2 is 1.28 bits per heavy atom. The monoisotopic (exact) mass is 1090 g/mol. The molecule has 8 rings (SSSR count). The molecular weight excluding hydrogens is 1030 g/mol. The van der Waals surface area contributed by atoms with Crippen molar-refractivity contribution in [1.82, 2.24) is 29.2 Å². The number of hydrogen-bond donors (Lipinski definition) is 5.